The molecule has 0 aromatic heterocycles. The first-order chi connectivity index (χ1) is 11.3. The lowest BCUT2D eigenvalue weighted by atomic mass is 9.59. The number of carbonyl (C=O) groups excluding carboxylic acids is 1. The molecule has 5 rings (SSSR count). The van der Waals surface area contributed by atoms with Gasteiger partial charge in [0, 0.05) is 11.8 Å². The Bertz CT molecular complexity index is 685. The highest BCUT2D eigenvalue weighted by molar-refractivity contribution is 5.85. The van der Waals surface area contributed by atoms with Crippen LogP contribution in [0.3, 0.4) is 0 Å². The third-order valence-electron chi connectivity index (χ3n) is 8.46. The van der Waals surface area contributed by atoms with Gasteiger partial charge in [0.05, 0.1) is 17.4 Å². The van der Waals surface area contributed by atoms with Crippen molar-refractivity contribution < 1.29 is 24.5 Å². The minimum absolute atomic E-state index is 0.0878. The summed E-state index contributed by atoms with van der Waals surface area (Å²) < 4.78 is 6.01. The van der Waals surface area contributed by atoms with Crippen LogP contribution in [0.2, 0.25) is 0 Å². The molecule has 0 aromatic carbocycles. The van der Waals surface area contributed by atoms with Gasteiger partial charge in [0.2, 0.25) is 0 Å². The van der Waals surface area contributed by atoms with Crippen molar-refractivity contribution in [1.29, 1.82) is 0 Å². The van der Waals surface area contributed by atoms with Crippen LogP contribution in [0, 0.1) is 34.5 Å². The van der Waals surface area contributed by atoms with Gasteiger partial charge in [-0.15, -0.1) is 0 Å². The van der Waals surface area contributed by atoms with Gasteiger partial charge < -0.3 is 14.9 Å². The van der Waals surface area contributed by atoms with Crippen molar-refractivity contribution in [3.8, 4) is 0 Å². The summed E-state index contributed by atoms with van der Waals surface area (Å²) in [5, 5.41) is 20.8. The zero-order chi connectivity index (χ0) is 17.1. The predicted molar refractivity (Wildman–Crippen MR) is 83.8 cm³/mol. The Labute approximate surface area is 141 Å². The number of rotatable bonds is 1. The first-order valence-corrected chi connectivity index (χ1v) is 9.09. The largest absolute Gasteiger partial charge is 0.481 e. The maximum absolute atomic E-state index is 12.7. The van der Waals surface area contributed by atoms with E-state index in [-0.39, 0.29) is 11.3 Å². The summed E-state index contributed by atoms with van der Waals surface area (Å²) in [5.41, 5.74) is -0.953. The summed E-state index contributed by atoms with van der Waals surface area (Å²) in [6, 6.07) is 0. The second-order valence-electron chi connectivity index (χ2n) is 9.07. The molecule has 8 atom stereocenters. The van der Waals surface area contributed by atoms with Crippen LogP contribution in [0.4, 0.5) is 0 Å². The zero-order valence-corrected chi connectivity index (χ0v) is 14.0. The molecular weight excluding hydrogens is 308 g/mol. The van der Waals surface area contributed by atoms with E-state index in [4.69, 9.17) is 4.74 Å². The van der Waals surface area contributed by atoms with Gasteiger partial charge in [0.25, 0.3) is 0 Å². The molecule has 5 aliphatic rings. The normalized spacial score (nSPS) is 57.5. The number of aliphatic carboxylic acids is 1. The lowest BCUT2D eigenvalue weighted by Crippen LogP contribution is -2.53. The molecule has 0 radical (unpaired) electrons. The SMILES string of the molecule is C=C1C[C@]23C[C@@H]1CC[C@H]2[C@@]12CC[C@H](O)[C@@](C)(C(=O)O1)C2[C@@H]3C(=O)O. The van der Waals surface area contributed by atoms with Crippen LogP contribution in [-0.2, 0) is 14.3 Å². The number of aliphatic hydroxyl groups is 1. The molecule has 0 aromatic rings. The number of esters is 1. The fourth-order valence-electron chi connectivity index (χ4n) is 7.66. The van der Waals surface area contributed by atoms with E-state index in [0.717, 1.165) is 25.7 Å². The van der Waals surface area contributed by atoms with E-state index in [2.05, 4.69) is 6.58 Å². The van der Waals surface area contributed by atoms with Gasteiger partial charge in [-0.1, -0.05) is 12.2 Å². The molecule has 5 heteroatoms. The lowest BCUT2D eigenvalue weighted by Gasteiger charge is -2.44. The monoisotopic (exact) mass is 332 g/mol. The smallest absolute Gasteiger partial charge is 0.315 e. The topological polar surface area (TPSA) is 83.8 Å². The quantitative estimate of drug-likeness (QED) is 0.568. The molecule has 0 amide bonds. The fraction of sp³-hybridized carbons (Fsp3) is 0.789. The summed E-state index contributed by atoms with van der Waals surface area (Å²) in [5.74, 6) is -1.78. The Morgan fingerprint density at radius 2 is 2.08 bits per heavy atom. The second kappa shape index (κ2) is 4.06. The Morgan fingerprint density at radius 1 is 1.33 bits per heavy atom. The van der Waals surface area contributed by atoms with Gasteiger partial charge in [-0.05, 0) is 56.8 Å². The van der Waals surface area contributed by atoms with Crippen molar-refractivity contribution in [3.63, 3.8) is 0 Å². The molecule has 1 unspecified atom stereocenters. The molecule has 130 valence electrons. The van der Waals surface area contributed by atoms with Crippen LogP contribution >= 0.6 is 0 Å². The Balaban J connectivity index is 1.76. The number of carboxylic acids is 1. The highest BCUT2D eigenvalue weighted by Crippen LogP contribution is 2.77. The van der Waals surface area contributed by atoms with Crippen molar-refractivity contribution >= 4 is 11.9 Å². The molecule has 24 heavy (non-hydrogen) atoms. The van der Waals surface area contributed by atoms with Gasteiger partial charge in [-0.2, -0.15) is 0 Å². The first kappa shape index (κ1) is 14.9. The molecule has 1 aliphatic heterocycles. The summed E-state index contributed by atoms with van der Waals surface area (Å²) in [7, 11) is 0. The van der Waals surface area contributed by atoms with E-state index in [1.807, 2.05) is 0 Å². The average Bonchev–Trinajstić information content (AvgIpc) is 2.98. The zero-order valence-electron chi connectivity index (χ0n) is 14.0. The molecule has 4 bridgehead atoms. The summed E-state index contributed by atoms with van der Waals surface area (Å²) in [6.07, 6.45) is 3.81. The van der Waals surface area contributed by atoms with E-state index in [0.29, 0.717) is 18.8 Å². The van der Waals surface area contributed by atoms with Gasteiger partial charge in [0.1, 0.15) is 5.60 Å². The fourth-order valence-corrected chi connectivity index (χ4v) is 7.66. The van der Waals surface area contributed by atoms with E-state index in [9.17, 15) is 19.8 Å². The third-order valence-corrected chi connectivity index (χ3v) is 8.46. The molecule has 5 fully saturated rings. The van der Waals surface area contributed by atoms with Gasteiger partial charge >= 0.3 is 11.9 Å². The second-order valence-corrected chi connectivity index (χ2v) is 9.07. The molecule has 4 aliphatic carbocycles. The number of carbonyl (C=O) groups is 2. The van der Waals surface area contributed by atoms with Crippen LogP contribution in [0.5, 0.6) is 0 Å². The van der Waals surface area contributed by atoms with Gasteiger partial charge in [-0.25, -0.2) is 0 Å². The third kappa shape index (κ3) is 1.29. The van der Waals surface area contributed by atoms with E-state index >= 15 is 0 Å². The minimum Gasteiger partial charge on any atom is -0.481 e. The van der Waals surface area contributed by atoms with E-state index < -0.39 is 40.9 Å². The average molecular weight is 332 g/mol. The molecular formula is C19H24O5. The number of carboxylic acid groups (broad SMARTS) is 1. The Morgan fingerprint density at radius 3 is 2.79 bits per heavy atom. The Hall–Kier alpha value is -1.36. The van der Waals surface area contributed by atoms with Gasteiger partial charge in [-0.3, -0.25) is 9.59 Å². The number of allylic oxidation sites excluding steroid dienone is 1. The number of fused-ring (bicyclic) bond motifs is 1. The number of aliphatic hydroxyl groups excluding tert-OH is 1. The minimum atomic E-state index is -1.09. The van der Waals surface area contributed by atoms with Crippen LogP contribution in [0.1, 0.15) is 45.4 Å². The summed E-state index contributed by atoms with van der Waals surface area (Å²) in [4.78, 5) is 25.1. The van der Waals surface area contributed by atoms with Crippen LogP contribution in [0.25, 0.3) is 0 Å². The van der Waals surface area contributed by atoms with Crippen molar-refractivity contribution in [2.24, 2.45) is 34.5 Å². The summed E-state index contributed by atoms with van der Waals surface area (Å²) >= 11 is 0. The first-order valence-electron chi connectivity index (χ1n) is 9.09. The summed E-state index contributed by atoms with van der Waals surface area (Å²) in [6.45, 7) is 5.95. The predicted octanol–water partition coefficient (Wildman–Crippen LogP) is 2.14. The van der Waals surface area contributed by atoms with Crippen molar-refractivity contribution in [2.75, 3.05) is 0 Å². The lowest BCUT2D eigenvalue weighted by molar-refractivity contribution is -0.162. The number of ether oxygens (including phenoxy) is 1. The van der Waals surface area contributed by atoms with E-state index in [1.165, 1.54) is 5.57 Å². The molecule has 1 spiro atoms. The van der Waals surface area contributed by atoms with Crippen molar-refractivity contribution in [2.45, 2.75) is 57.2 Å². The standard InChI is InChI=1S/C19H24O5/c1-9-7-18-8-10(9)3-4-11(18)19-6-5-12(20)17(2,16(23)24-19)14(19)13(18)15(21)22/h10-14,20H,1,3-8H2,2H3,(H,21,22)/t10-,11+,12-,13+,14?,17+,18-,19+/m0/s1. The molecule has 5 nitrogen and oxygen atoms in total. The number of hydrogen-bond donors (Lipinski definition) is 2. The van der Waals surface area contributed by atoms with Crippen LogP contribution in [0.15, 0.2) is 12.2 Å². The Kier molecular flexibility index (Phi) is 2.53. The maximum atomic E-state index is 12.7. The van der Waals surface area contributed by atoms with Gasteiger partial charge in [0.15, 0.2) is 0 Å². The molecule has 1 heterocycles. The molecule has 4 saturated carbocycles. The van der Waals surface area contributed by atoms with Crippen molar-refractivity contribution in [3.05, 3.63) is 12.2 Å². The van der Waals surface area contributed by atoms with Crippen molar-refractivity contribution in [1.82, 2.24) is 0 Å². The highest BCUT2D eigenvalue weighted by atomic mass is 16.6. The molecule has 2 N–H and O–H groups in total. The molecule has 1 saturated heterocycles. The van der Waals surface area contributed by atoms with E-state index in [1.54, 1.807) is 6.92 Å². The van der Waals surface area contributed by atoms with Crippen LogP contribution < -0.4 is 0 Å². The number of hydrogen-bond acceptors (Lipinski definition) is 4. The van der Waals surface area contributed by atoms with Crippen LogP contribution in [-0.4, -0.2) is 33.9 Å². The highest BCUT2D eigenvalue weighted by Gasteiger charge is 2.83. The maximum Gasteiger partial charge on any atom is 0.315 e.